The van der Waals surface area contributed by atoms with Crippen molar-refractivity contribution < 1.29 is 0 Å². The molecular weight excluding hydrogens is 195 g/mol. The number of hydrogen-bond donors (Lipinski definition) is 1. The van der Waals surface area contributed by atoms with Crippen molar-refractivity contribution in [3.05, 3.63) is 0 Å². The molecule has 12 heavy (non-hydrogen) atoms. The highest BCUT2D eigenvalue weighted by molar-refractivity contribution is 5.85. The van der Waals surface area contributed by atoms with Crippen molar-refractivity contribution in [3.63, 3.8) is 0 Å². The molecule has 2 nitrogen and oxygen atoms in total. The van der Waals surface area contributed by atoms with E-state index >= 15 is 0 Å². The van der Waals surface area contributed by atoms with E-state index in [9.17, 15) is 0 Å². The monoisotopic (exact) mass is 214 g/mol. The largest absolute Gasteiger partial charge is 0.329 e. The fourth-order valence-electron chi connectivity index (χ4n) is 1.74. The zero-order valence-electron chi connectivity index (χ0n) is 7.66. The predicted octanol–water partition coefficient (Wildman–Crippen LogP) is 1.66. The first-order chi connectivity index (χ1) is 4.88. The predicted molar refractivity (Wildman–Crippen MR) is 58.4 cm³/mol. The zero-order chi connectivity index (χ0) is 7.40. The van der Waals surface area contributed by atoms with E-state index in [1.807, 2.05) is 0 Å². The molecule has 0 aromatic carbocycles. The van der Waals surface area contributed by atoms with E-state index in [2.05, 4.69) is 11.8 Å². The summed E-state index contributed by atoms with van der Waals surface area (Å²) in [4.78, 5) is 2.49. The Morgan fingerprint density at radius 3 is 2.42 bits per heavy atom. The summed E-state index contributed by atoms with van der Waals surface area (Å²) in [6.07, 6.45) is 4.05. The van der Waals surface area contributed by atoms with E-state index in [0.29, 0.717) is 6.04 Å². The molecular formula is C8H20Cl2N2. The number of likely N-dealkylation sites (tertiary alicyclic amines) is 1. The average Bonchev–Trinajstić information content (AvgIpc) is 2.04. The second-order valence-corrected chi connectivity index (χ2v) is 3.01. The molecule has 1 heterocycles. The summed E-state index contributed by atoms with van der Waals surface area (Å²) in [6, 6.07) is 0.679. The Bertz CT molecular complexity index is 89.1. The Balaban J connectivity index is 0. The molecule has 1 atom stereocenters. The van der Waals surface area contributed by atoms with Gasteiger partial charge in [-0.1, -0.05) is 13.3 Å². The Labute approximate surface area is 87.7 Å². The summed E-state index contributed by atoms with van der Waals surface area (Å²) >= 11 is 0. The maximum Gasteiger partial charge on any atom is 0.0218 e. The number of likely N-dealkylation sites (N-methyl/N-ethyl adjacent to an activating group) is 1. The maximum absolute atomic E-state index is 5.63. The van der Waals surface area contributed by atoms with Crippen molar-refractivity contribution in [2.24, 2.45) is 5.73 Å². The van der Waals surface area contributed by atoms with Crippen molar-refractivity contribution >= 4 is 24.8 Å². The summed E-state index contributed by atoms with van der Waals surface area (Å²) in [5.74, 6) is 0. The Morgan fingerprint density at radius 2 is 2.00 bits per heavy atom. The van der Waals surface area contributed by atoms with Gasteiger partial charge in [-0.25, -0.2) is 0 Å². The van der Waals surface area contributed by atoms with E-state index in [1.165, 1.54) is 32.4 Å². The molecule has 1 unspecified atom stereocenters. The first-order valence-corrected chi connectivity index (χ1v) is 4.32. The van der Waals surface area contributed by atoms with Gasteiger partial charge in [-0.05, 0) is 25.9 Å². The lowest BCUT2D eigenvalue weighted by molar-refractivity contribution is 0.161. The van der Waals surface area contributed by atoms with Crippen molar-refractivity contribution in [1.82, 2.24) is 4.90 Å². The van der Waals surface area contributed by atoms with Crippen LogP contribution in [0.15, 0.2) is 0 Å². The Kier molecular flexibility index (Phi) is 10.1. The van der Waals surface area contributed by atoms with Gasteiger partial charge in [0.15, 0.2) is 0 Å². The molecule has 2 N–H and O–H groups in total. The van der Waals surface area contributed by atoms with Gasteiger partial charge in [-0.2, -0.15) is 0 Å². The molecule has 0 aromatic heterocycles. The summed E-state index contributed by atoms with van der Waals surface area (Å²) in [6.45, 7) is 5.49. The summed E-state index contributed by atoms with van der Waals surface area (Å²) in [7, 11) is 0. The number of nitrogens with zero attached hydrogens (tertiary/aromatic N) is 1. The molecule has 1 fully saturated rings. The van der Waals surface area contributed by atoms with Crippen LogP contribution >= 0.6 is 24.8 Å². The lowest BCUT2D eigenvalue weighted by Gasteiger charge is -2.33. The van der Waals surface area contributed by atoms with Crippen LogP contribution in [0.2, 0.25) is 0 Å². The number of nitrogens with two attached hydrogens (primary N) is 1. The standard InChI is InChI=1S/C8H18N2.2ClH/c1-2-10-6-4-3-5-8(10)7-9;;/h8H,2-7,9H2,1H3;2*1H. The lowest BCUT2D eigenvalue weighted by atomic mass is 10.0. The first kappa shape index (κ1) is 15.0. The van der Waals surface area contributed by atoms with Crippen molar-refractivity contribution in [2.75, 3.05) is 19.6 Å². The third-order valence-corrected chi connectivity index (χ3v) is 2.43. The fraction of sp³-hybridized carbons (Fsp3) is 1.00. The molecule has 0 bridgehead atoms. The van der Waals surface area contributed by atoms with Gasteiger partial charge < -0.3 is 5.73 Å². The molecule has 0 saturated carbocycles. The SMILES string of the molecule is CCN1CCCCC1CN.Cl.Cl. The average molecular weight is 215 g/mol. The highest BCUT2D eigenvalue weighted by Crippen LogP contribution is 2.14. The normalized spacial score (nSPS) is 24.0. The van der Waals surface area contributed by atoms with Crippen LogP contribution in [-0.2, 0) is 0 Å². The van der Waals surface area contributed by atoms with Gasteiger partial charge in [0, 0.05) is 12.6 Å². The van der Waals surface area contributed by atoms with Gasteiger partial charge in [0.05, 0.1) is 0 Å². The van der Waals surface area contributed by atoms with E-state index < -0.39 is 0 Å². The van der Waals surface area contributed by atoms with Crippen LogP contribution in [-0.4, -0.2) is 30.6 Å². The van der Waals surface area contributed by atoms with E-state index in [0.717, 1.165) is 6.54 Å². The van der Waals surface area contributed by atoms with Gasteiger partial charge in [0.1, 0.15) is 0 Å². The molecule has 0 aromatic rings. The molecule has 0 aliphatic carbocycles. The summed E-state index contributed by atoms with van der Waals surface area (Å²) < 4.78 is 0. The highest BCUT2D eigenvalue weighted by atomic mass is 35.5. The summed E-state index contributed by atoms with van der Waals surface area (Å²) in [5.41, 5.74) is 5.63. The van der Waals surface area contributed by atoms with E-state index in [1.54, 1.807) is 0 Å². The molecule has 1 saturated heterocycles. The van der Waals surface area contributed by atoms with Crippen molar-refractivity contribution in [1.29, 1.82) is 0 Å². The smallest absolute Gasteiger partial charge is 0.0218 e. The number of rotatable bonds is 2. The molecule has 0 spiro atoms. The first-order valence-electron chi connectivity index (χ1n) is 4.32. The third-order valence-electron chi connectivity index (χ3n) is 2.43. The van der Waals surface area contributed by atoms with Gasteiger partial charge in [0.25, 0.3) is 0 Å². The van der Waals surface area contributed by atoms with Gasteiger partial charge in [-0.3, -0.25) is 4.90 Å². The molecule has 1 aliphatic rings. The van der Waals surface area contributed by atoms with E-state index in [-0.39, 0.29) is 24.8 Å². The van der Waals surface area contributed by atoms with Crippen molar-refractivity contribution in [2.45, 2.75) is 32.2 Å². The second-order valence-electron chi connectivity index (χ2n) is 3.01. The Hall–Kier alpha value is 0.500. The minimum atomic E-state index is 0. The molecule has 0 amide bonds. The highest BCUT2D eigenvalue weighted by Gasteiger charge is 2.18. The van der Waals surface area contributed by atoms with Crippen LogP contribution in [0.5, 0.6) is 0 Å². The van der Waals surface area contributed by atoms with Crippen LogP contribution in [0.1, 0.15) is 26.2 Å². The number of piperidine rings is 1. The molecule has 0 radical (unpaired) electrons. The topological polar surface area (TPSA) is 29.3 Å². The van der Waals surface area contributed by atoms with Crippen molar-refractivity contribution in [3.8, 4) is 0 Å². The lowest BCUT2D eigenvalue weighted by Crippen LogP contribution is -2.43. The van der Waals surface area contributed by atoms with Gasteiger partial charge >= 0.3 is 0 Å². The quantitative estimate of drug-likeness (QED) is 0.759. The second kappa shape index (κ2) is 8.11. The molecule has 4 heteroatoms. The number of hydrogen-bond acceptors (Lipinski definition) is 2. The summed E-state index contributed by atoms with van der Waals surface area (Å²) in [5, 5.41) is 0. The fourth-order valence-corrected chi connectivity index (χ4v) is 1.74. The van der Waals surface area contributed by atoms with Crippen LogP contribution < -0.4 is 5.73 Å². The zero-order valence-corrected chi connectivity index (χ0v) is 9.29. The van der Waals surface area contributed by atoms with Crippen LogP contribution in [0.3, 0.4) is 0 Å². The van der Waals surface area contributed by atoms with Gasteiger partial charge in [-0.15, -0.1) is 24.8 Å². The Morgan fingerprint density at radius 1 is 1.33 bits per heavy atom. The van der Waals surface area contributed by atoms with Gasteiger partial charge in [0.2, 0.25) is 0 Å². The van der Waals surface area contributed by atoms with Crippen LogP contribution in [0.4, 0.5) is 0 Å². The van der Waals surface area contributed by atoms with Crippen LogP contribution in [0, 0.1) is 0 Å². The minimum absolute atomic E-state index is 0. The third kappa shape index (κ3) is 3.94. The van der Waals surface area contributed by atoms with Crippen LogP contribution in [0.25, 0.3) is 0 Å². The number of halogens is 2. The molecule has 1 rings (SSSR count). The minimum Gasteiger partial charge on any atom is -0.329 e. The molecule has 76 valence electrons. The molecule has 1 aliphatic heterocycles. The van der Waals surface area contributed by atoms with E-state index in [4.69, 9.17) is 5.73 Å². The maximum atomic E-state index is 5.63.